The topological polar surface area (TPSA) is 21.3 Å². The maximum atomic E-state index is 4.98. The third kappa shape index (κ3) is 4.92. The van der Waals surface area contributed by atoms with Gasteiger partial charge in [0, 0.05) is 30.0 Å². The van der Waals surface area contributed by atoms with Crippen molar-refractivity contribution in [1.82, 2.24) is 5.32 Å². The van der Waals surface area contributed by atoms with Gasteiger partial charge in [0.1, 0.15) is 0 Å². The molecule has 3 heteroatoms. The van der Waals surface area contributed by atoms with Crippen LogP contribution in [0, 0.1) is 0 Å². The van der Waals surface area contributed by atoms with Crippen molar-refractivity contribution in [3.63, 3.8) is 0 Å². The Hall–Kier alpha value is -0.640. The highest BCUT2D eigenvalue weighted by Crippen LogP contribution is 2.19. The standard InChI is InChI=1S/C13H21NOS/c1-4-12-5-6-13(16-12)9-11(2)10-14-7-8-15-3/h5-6,9,14H,4,7-8,10H2,1-3H3. The van der Waals surface area contributed by atoms with E-state index < -0.39 is 0 Å². The van der Waals surface area contributed by atoms with Gasteiger partial charge in [-0.1, -0.05) is 12.5 Å². The normalized spacial score (nSPS) is 12.1. The van der Waals surface area contributed by atoms with Crippen LogP contribution >= 0.6 is 11.3 Å². The highest BCUT2D eigenvalue weighted by molar-refractivity contribution is 7.12. The molecule has 1 rings (SSSR count). The van der Waals surface area contributed by atoms with Gasteiger partial charge in [-0.3, -0.25) is 0 Å². The highest BCUT2D eigenvalue weighted by atomic mass is 32.1. The first-order chi connectivity index (χ1) is 7.76. The lowest BCUT2D eigenvalue weighted by Crippen LogP contribution is -2.20. The third-order valence-corrected chi connectivity index (χ3v) is 3.48. The summed E-state index contributed by atoms with van der Waals surface area (Å²) in [6.45, 7) is 6.96. The van der Waals surface area contributed by atoms with Gasteiger partial charge in [-0.05, 0) is 31.6 Å². The van der Waals surface area contributed by atoms with Crippen LogP contribution in [-0.2, 0) is 11.2 Å². The van der Waals surface area contributed by atoms with Crippen LogP contribution in [0.25, 0.3) is 6.08 Å². The van der Waals surface area contributed by atoms with Crippen molar-refractivity contribution in [3.8, 4) is 0 Å². The van der Waals surface area contributed by atoms with Crippen LogP contribution < -0.4 is 5.32 Å². The number of hydrogen-bond acceptors (Lipinski definition) is 3. The van der Waals surface area contributed by atoms with Crippen molar-refractivity contribution in [2.24, 2.45) is 0 Å². The Morgan fingerprint density at radius 3 is 2.94 bits per heavy atom. The zero-order valence-corrected chi connectivity index (χ0v) is 11.2. The molecule has 0 unspecified atom stereocenters. The van der Waals surface area contributed by atoms with Gasteiger partial charge in [0.25, 0.3) is 0 Å². The molecule has 0 aliphatic carbocycles. The molecule has 1 aromatic rings. The lowest BCUT2D eigenvalue weighted by atomic mass is 10.2. The molecule has 0 saturated heterocycles. The number of hydrogen-bond donors (Lipinski definition) is 1. The van der Waals surface area contributed by atoms with Gasteiger partial charge in [-0.25, -0.2) is 0 Å². The molecule has 0 fully saturated rings. The van der Waals surface area contributed by atoms with Crippen molar-refractivity contribution < 1.29 is 4.74 Å². The first-order valence-electron chi connectivity index (χ1n) is 5.71. The molecular weight excluding hydrogens is 218 g/mol. The van der Waals surface area contributed by atoms with Crippen LogP contribution in [0.1, 0.15) is 23.6 Å². The minimum Gasteiger partial charge on any atom is -0.383 e. The van der Waals surface area contributed by atoms with Crippen molar-refractivity contribution in [2.75, 3.05) is 26.8 Å². The van der Waals surface area contributed by atoms with E-state index in [1.165, 1.54) is 15.3 Å². The average molecular weight is 239 g/mol. The molecule has 1 N–H and O–H groups in total. The monoisotopic (exact) mass is 239 g/mol. The Morgan fingerprint density at radius 2 is 2.31 bits per heavy atom. The lowest BCUT2D eigenvalue weighted by molar-refractivity contribution is 0.200. The van der Waals surface area contributed by atoms with Crippen LogP contribution in [0.4, 0.5) is 0 Å². The van der Waals surface area contributed by atoms with E-state index in [4.69, 9.17) is 4.74 Å². The molecule has 0 atom stereocenters. The number of nitrogens with one attached hydrogen (secondary N) is 1. The summed E-state index contributed by atoms with van der Waals surface area (Å²) in [6, 6.07) is 4.41. The van der Waals surface area contributed by atoms with E-state index in [-0.39, 0.29) is 0 Å². The van der Waals surface area contributed by atoms with Gasteiger partial charge >= 0.3 is 0 Å². The highest BCUT2D eigenvalue weighted by Gasteiger charge is 1.96. The van der Waals surface area contributed by atoms with E-state index in [1.807, 2.05) is 11.3 Å². The molecule has 0 aliphatic heterocycles. The number of thiophene rings is 1. The summed E-state index contributed by atoms with van der Waals surface area (Å²) < 4.78 is 4.98. The Morgan fingerprint density at radius 1 is 1.50 bits per heavy atom. The summed E-state index contributed by atoms with van der Waals surface area (Å²) in [6.07, 6.45) is 3.38. The average Bonchev–Trinajstić information content (AvgIpc) is 2.72. The fraction of sp³-hybridized carbons (Fsp3) is 0.538. The van der Waals surface area contributed by atoms with Gasteiger partial charge in [-0.15, -0.1) is 11.3 Å². The molecule has 90 valence electrons. The first kappa shape index (κ1) is 13.4. The van der Waals surface area contributed by atoms with E-state index in [9.17, 15) is 0 Å². The first-order valence-corrected chi connectivity index (χ1v) is 6.53. The second kappa shape index (κ2) is 7.60. The van der Waals surface area contributed by atoms with Crippen molar-refractivity contribution >= 4 is 17.4 Å². The summed E-state index contributed by atoms with van der Waals surface area (Å²) in [5.74, 6) is 0. The molecule has 0 radical (unpaired) electrons. The smallest absolute Gasteiger partial charge is 0.0587 e. The predicted octanol–water partition coefficient (Wildman–Crippen LogP) is 2.95. The van der Waals surface area contributed by atoms with E-state index in [0.29, 0.717) is 0 Å². The molecule has 2 nitrogen and oxygen atoms in total. The summed E-state index contributed by atoms with van der Waals surface area (Å²) in [7, 11) is 1.72. The summed E-state index contributed by atoms with van der Waals surface area (Å²) in [5, 5.41) is 3.34. The fourth-order valence-corrected chi connectivity index (χ4v) is 2.40. The van der Waals surface area contributed by atoms with E-state index in [2.05, 4.69) is 37.4 Å². The number of rotatable bonds is 7. The van der Waals surface area contributed by atoms with Crippen LogP contribution in [0.15, 0.2) is 17.7 Å². The van der Waals surface area contributed by atoms with E-state index >= 15 is 0 Å². The second-order valence-corrected chi connectivity index (χ2v) is 5.02. The van der Waals surface area contributed by atoms with Crippen molar-refractivity contribution in [1.29, 1.82) is 0 Å². The molecule has 0 aliphatic rings. The van der Waals surface area contributed by atoms with Crippen molar-refractivity contribution in [3.05, 3.63) is 27.5 Å². The van der Waals surface area contributed by atoms with Crippen molar-refractivity contribution in [2.45, 2.75) is 20.3 Å². The van der Waals surface area contributed by atoms with Gasteiger partial charge < -0.3 is 10.1 Å². The SMILES string of the molecule is CCc1ccc(C=C(C)CNCCOC)s1. The third-order valence-electron chi connectivity index (χ3n) is 2.31. The van der Waals surface area contributed by atoms with Crippen LogP contribution in [-0.4, -0.2) is 26.8 Å². The van der Waals surface area contributed by atoms with E-state index in [0.717, 1.165) is 26.1 Å². The molecule has 0 amide bonds. The van der Waals surface area contributed by atoms with E-state index in [1.54, 1.807) is 7.11 Å². The lowest BCUT2D eigenvalue weighted by Gasteiger charge is -2.03. The number of aryl methyl sites for hydroxylation is 1. The second-order valence-electron chi connectivity index (χ2n) is 3.82. The quantitative estimate of drug-likeness (QED) is 0.739. The number of methoxy groups -OCH3 is 1. The van der Waals surface area contributed by atoms with Crippen LogP contribution in [0.2, 0.25) is 0 Å². The molecule has 0 saturated carbocycles. The zero-order chi connectivity index (χ0) is 11.8. The van der Waals surface area contributed by atoms with Crippen LogP contribution in [0.5, 0.6) is 0 Å². The minimum atomic E-state index is 0.770. The summed E-state index contributed by atoms with van der Waals surface area (Å²) in [4.78, 5) is 2.80. The maximum Gasteiger partial charge on any atom is 0.0587 e. The Labute approximate surface area is 102 Å². The van der Waals surface area contributed by atoms with Gasteiger partial charge in [0.2, 0.25) is 0 Å². The molecular formula is C13H21NOS. The molecule has 0 aromatic carbocycles. The van der Waals surface area contributed by atoms with Gasteiger partial charge in [-0.2, -0.15) is 0 Å². The largest absolute Gasteiger partial charge is 0.383 e. The Kier molecular flexibility index (Phi) is 6.38. The van der Waals surface area contributed by atoms with Gasteiger partial charge in [0.15, 0.2) is 0 Å². The molecule has 1 heterocycles. The molecule has 0 spiro atoms. The fourth-order valence-electron chi connectivity index (χ4n) is 1.42. The Balaban J connectivity index is 2.37. The minimum absolute atomic E-state index is 0.770. The molecule has 0 bridgehead atoms. The number of ether oxygens (including phenoxy) is 1. The zero-order valence-electron chi connectivity index (χ0n) is 10.4. The Bertz CT molecular complexity index is 330. The predicted molar refractivity (Wildman–Crippen MR) is 72.1 cm³/mol. The van der Waals surface area contributed by atoms with Gasteiger partial charge in [0.05, 0.1) is 6.61 Å². The summed E-state index contributed by atoms with van der Waals surface area (Å²) in [5.41, 5.74) is 1.36. The molecule has 16 heavy (non-hydrogen) atoms. The summed E-state index contributed by atoms with van der Waals surface area (Å²) >= 11 is 1.88. The van der Waals surface area contributed by atoms with Crippen LogP contribution in [0.3, 0.4) is 0 Å². The molecule has 1 aromatic heterocycles. The maximum absolute atomic E-state index is 4.98.